The maximum Gasteiger partial charge on any atom is 0.278 e. The molecule has 0 bridgehead atoms. The topological polar surface area (TPSA) is 59.4 Å². The molecule has 1 fully saturated rings. The molecule has 2 atom stereocenters. The fourth-order valence-corrected chi connectivity index (χ4v) is 2.43. The Kier molecular flexibility index (Phi) is 8.02. The van der Waals surface area contributed by atoms with Crippen LogP contribution in [0.5, 0.6) is 0 Å². The van der Waals surface area contributed by atoms with E-state index in [0.29, 0.717) is 6.54 Å². The van der Waals surface area contributed by atoms with Gasteiger partial charge in [0.15, 0.2) is 6.04 Å². The molecule has 1 saturated heterocycles. The highest BCUT2D eigenvalue weighted by Gasteiger charge is 2.20. The van der Waals surface area contributed by atoms with Crippen molar-refractivity contribution in [2.24, 2.45) is 0 Å². The molecule has 0 aliphatic carbocycles. The molecule has 0 saturated carbocycles. The molecule has 1 rings (SSSR count). The molecule has 1 heterocycles. The van der Waals surface area contributed by atoms with Gasteiger partial charge in [0.05, 0.1) is 19.2 Å². The Balaban J connectivity index is 2.10. The predicted octanol–water partition coefficient (Wildman–Crippen LogP) is -1.84. The summed E-state index contributed by atoms with van der Waals surface area (Å²) in [4.78, 5) is 13.5. The molecule has 5 heteroatoms. The number of amides is 1. The summed E-state index contributed by atoms with van der Waals surface area (Å²) in [6.07, 6.45) is 2.43. The minimum Gasteiger partial charge on any atom is -0.376 e. The van der Waals surface area contributed by atoms with Crippen LogP contribution in [0.15, 0.2) is 0 Å². The van der Waals surface area contributed by atoms with Crippen LogP contribution >= 0.6 is 0 Å². The largest absolute Gasteiger partial charge is 0.376 e. The molecule has 0 aromatic heterocycles. The minimum absolute atomic E-state index is 0.00337. The van der Waals surface area contributed by atoms with Gasteiger partial charge in [-0.1, -0.05) is 0 Å². The molecule has 4 N–H and O–H groups in total. The number of hydrogen-bond donors (Lipinski definition) is 3. The predicted molar refractivity (Wildman–Crippen MR) is 75.1 cm³/mol. The highest BCUT2D eigenvalue weighted by Crippen LogP contribution is 2.10. The van der Waals surface area contributed by atoms with Crippen LogP contribution in [0.2, 0.25) is 0 Å². The highest BCUT2D eigenvalue weighted by molar-refractivity contribution is 5.79. The zero-order chi connectivity index (χ0) is 14.1. The molecular weight excluding hydrogens is 242 g/mol. The molecule has 0 aromatic carbocycles. The van der Waals surface area contributed by atoms with Gasteiger partial charge in [0.2, 0.25) is 0 Å². The van der Waals surface area contributed by atoms with Crippen molar-refractivity contribution in [3.63, 3.8) is 0 Å². The summed E-state index contributed by atoms with van der Waals surface area (Å²) >= 11 is 0. The second-order valence-corrected chi connectivity index (χ2v) is 5.40. The van der Waals surface area contributed by atoms with E-state index in [4.69, 9.17) is 4.74 Å². The lowest BCUT2D eigenvalue weighted by Crippen LogP contribution is -3.14. The lowest BCUT2D eigenvalue weighted by molar-refractivity contribution is -0.910. The van der Waals surface area contributed by atoms with Gasteiger partial charge in [0, 0.05) is 13.2 Å². The van der Waals surface area contributed by atoms with Crippen molar-refractivity contribution in [1.82, 2.24) is 5.32 Å². The van der Waals surface area contributed by atoms with Gasteiger partial charge in [-0.15, -0.1) is 0 Å². The Morgan fingerprint density at radius 2 is 2.21 bits per heavy atom. The van der Waals surface area contributed by atoms with Crippen LogP contribution in [0.4, 0.5) is 0 Å². The van der Waals surface area contributed by atoms with Gasteiger partial charge in [-0.2, -0.15) is 0 Å². The molecule has 1 aliphatic heterocycles. The van der Waals surface area contributed by atoms with Gasteiger partial charge in [-0.3, -0.25) is 4.79 Å². The van der Waals surface area contributed by atoms with Crippen molar-refractivity contribution in [3.05, 3.63) is 0 Å². The third kappa shape index (κ3) is 6.36. The third-order valence-electron chi connectivity index (χ3n) is 3.96. The second kappa shape index (κ2) is 9.28. The number of quaternary nitrogens is 2. The average molecular weight is 273 g/mol. The van der Waals surface area contributed by atoms with E-state index in [2.05, 4.69) is 24.5 Å². The van der Waals surface area contributed by atoms with Crippen molar-refractivity contribution in [3.8, 4) is 0 Å². The van der Waals surface area contributed by atoms with Crippen LogP contribution in [0.25, 0.3) is 0 Å². The van der Waals surface area contributed by atoms with Gasteiger partial charge in [-0.05, 0) is 33.6 Å². The summed E-state index contributed by atoms with van der Waals surface area (Å²) in [6, 6.07) is -0.00337. The molecule has 0 radical (unpaired) electrons. The molecule has 112 valence electrons. The normalized spacial score (nSPS) is 20.7. The van der Waals surface area contributed by atoms with E-state index >= 15 is 0 Å². The third-order valence-corrected chi connectivity index (χ3v) is 3.96. The van der Waals surface area contributed by atoms with Crippen LogP contribution < -0.4 is 15.5 Å². The molecule has 1 aliphatic rings. The summed E-state index contributed by atoms with van der Waals surface area (Å²) in [5.74, 6) is 0.130. The second-order valence-electron chi connectivity index (χ2n) is 5.40. The van der Waals surface area contributed by atoms with E-state index in [1.54, 1.807) is 4.90 Å². The smallest absolute Gasteiger partial charge is 0.278 e. The lowest BCUT2D eigenvalue weighted by Gasteiger charge is -2.17. The Morgan fingerprint density at radius 1 is 1.47 bits per heavy atom. The van der Waals surface area contributed by atoms with Gasteiger partial charge in [-0.25, -0.2) is 0 Å². The van der Waals surface area contributed by atoms with Crippen LogP contribution in [-0.4, -0.2) is 57.4 Å². The lowest BCUT2D eigenvalue weighted by atomic mass is 10.2. The number of ether oxygens (including phenoxy) is 1. The Labute approximate surface area is 117 Å². The van der Waals surface area contributed by atoms with Crippen LogP contribution in [0.1, 0.15) is 33.6 Å². The first-order chi connectivity index (χ1) is 9.17. The van der Waals surface area contributed by atoms with Crippen molar-refractivity contribution >= 4 is 5.91 Å². The number of nitrogens with two attached hydrogens (primary N) is 1. The molecule has 0 aromatic rings. The number of likely N-dealkylation sites (N-methyl/N-ethyl adjacent to an activating group) is 1. The zero-order valence-electron chi connectivity index (χ0n) is 12.7. The molecule has 1 amide bonds. The number of nitrogens with one attached hydrogen (secondary N) is 2. The standard InChI is InChI=1S/C14H29N3O2/c1-4-17(5-2)9-8-15-12(3)14(18)16-11-13-7-6-10-19-13/h12-13,15H,4-11H2,1-3H3,(H,16,18)/p+2/t12-,13+/m0/s1. The fourth-order valence-electron chi connectivity index (χ4n) is 2.43. The molecule has 0 unspecified atom stereocenters. The van der Waals surface area contributed by atoms with Gasteiger partial charge >= 0.3 is 0 Å². The van der Waals surface area contributed by atoms with Gasteiger partial charge in [0.25, 0.3) is 5.91 Å². The van der Waals surface area contributed by atoms with Crippen LogP contribution in [0, 0.1) is 0 Å². The van der Waals surface area contributed by atoms with Crippen molar-refractivity contribution < 1.29 is 19.7 Å². The highest BCUT2D eigenvalue weighted by atomic mass is 16.5. The maximum absolute atomic E-state index is 11.9. The average Bonchev–Trinajstić information content (AvgIpc) is 2.94. The summed E-state index contributed by atoms with van der Waals surface area (Å²) in [6.45, 7) is 12.3. The zero-order valence-corrected chi connectivity index (χ0v) is 12.7. The maximum atomic E-state index is 11.9. The van der Waals surface area contributed by atoms with E-state index in [1.807, 2.05) is 6.92 Å². The molecule has 19 heavy (non-hydrogen) atoms. The summed E-state index contributed by atoms with van der Waals surface area (Å²) in [5, 5.41) is 5.12. The first-order valence-electron chi connectivity index (χ1n) is 7.73. The van der Waals surface area contributed by atoms with E-state index in [1.165, 1.54) is 0 Å². The SMILES string of the molecule is CC[NH+](CC)CC[NH2+][C@@H](C)C(=O)NC[C@H]1CCCO1. The van der Waals surface area contributed by atoms with E-state index in [-0.39, 0.29) is 18.1 Å². The summed E-state index contributed by atoms with van der Waals surface area (Å²) in [5.41, 5.74) is 0. The summed E-state index contributed by atoms with van der Waals surface area (Å²) in [7, 11) is 0. The number of hydrogen-bond acceptors (Lipinski definition) is 2. The molecule has 0 spiro atoms. The van der Waals surface area contributed by atoms with Crippen molar-refractivity contribution in [1.29, 1.82) is 0 Å². The quantitative estimate of drug-likeness (QED) is 0.462. The number of carbonyl (C=O) groups excluding carboxylic acids is 1. The monoisotopic (exact) mass is 273 g/mol. The van der Waals surface area contributed by atoms with E-state index in [9.17, 15) is 4.79 Å². The number of rotatable bonds is 9. The number of carbonyl (C=O) groups is 1. The van der Waals surface area contributed by atoms with Gasteiger partial charge < -0.3 is 20.3 Å². The Bertz CT molecular complexity index is 251. The molecule has 5 nitrogen and oxygen atoms in total. The van der Waals surface area contributed by atoms with E-state index < -0.39 is 0 Å². The van der Waals surface area contributed by atoms with Crippen molar-refractivity contribution in [2.75, 3.05) is 39.3 Å². The minimum atomic E-state index is -0.00337. The van der Waals surface area contributed by atoms with Gasteiger partial charge in [0.1, 0.15) is 13.1 Å². The molecular formula is C14H31N3O2+2. The Morgan fingerprint density at radius 3 is 2.79 bits per heavy atom. The summed E-state index contributed by atoms with van der Waals surface area (Å²) < 4.78 is 5.50. The van der Waals surface area contributed by atoms with Crippen LogP contribution in [0.3, 0.4) is 0 Å². The van der Waals surface area contributed by atoms with Crippen LogP contribution in [-0.2, 0) is 9.53 Å². The fraction of sp³-hybridized carbons (Fsp3) is 0.929. The van der Waals surface area contributed by atoms with Crippen molar-refractivity contribution in [2.45, 2.75) is 45.8 Å². The first kappa shape index (κ1) is 16.4. The first-order valence-corrected chi connectivity index (χ1v) is 7.73. The van der Waals surface area contributed by atoms with E-state index in [0.717, 1.165) is 45.6 Å². The Hall–Kier alpha value is -0.650.